The van der Waals surface area contributed by atoms with E-state index in [0.717, 1.165) is 6.42 Å². The molecule has 0 aromatic heterocycles. The van der Waals surface area contributed by atoms with Crippen molar-refractivity contribution < 1.29 is 33.4 Å². The number of hydrogen-bond acceptors (Lipinski definition) is 7. The van der Waals surface area contributed by atoms with E-state index in [2.05, 4.69) is 19.2 Å². The van der Waals surface area contributed by atoms with Gasteiger partial charge < -0.3 is 19.9 Å². The molecule has 34 heavy (non-hydrogen) atoms. The minimum atomic E-state index is -2.44. The molecule has 2 bridgehead atoms. The van der Waals surface area contributed by atoms with Crippen LogP contribution in [0.5, 0.6) is 0 Å². The smallest absolute Gasteiger partial charge is 0.408 e. The van der Waals surface area contributed by atoms with Crippen molar-refractivity contribution in [2.24, 2.45) is 28.9 Å². The van der Waals surface area contributed by atoms with Crippen LogP contribution in [0.1, 0.15) is 52.5 Å². The summed E-state index contributed by atoms with van der Waals surface area (Å²) < 4.78 is 15.8. The van der Waals surface area contributed by atoms with Crippen LogP contribution in [0.4, 0.5) is 4.79 Å². The number of carbonyl (C=O) groups is 4. The molecule has 4 rings (SSSR count). The number of nitrogens with two attached hydrogens (primary N) is 1. The molecule has 5 atom stereocenters. The van der Waals surface area contributed by atoms with Crippen molar-refractivity contribution in [2.45, 2.75) is 65.2 Å². The second-order valence-electron chi connectivity index (χ2n) is 9.84. The highest BCUT2D eigenvalue weighted by atomic mass is 16.6. The molecule has 186 valence electrons. The van der Waals surface area contributed by atoms with Gasteiger partial charge in [0.2, 0.25) is 5.54 Å². The molecule has 3 N–H and O–H groups in total. The Bertz CT molecular complexity index is 932. The van der Waals surface area contributed by atoms with Crippen LogP contribution in [0.3, 0.4) is 0 Å². The summed E-state index contributed by atoms with van der Waals surface area (Å²) in [6.45, 7) is 7.85. The molecule has 0 aliphatic heterocycles. The summed E-state index contributed by atoms with van der Waals surface area (Å²) in [7, 11) is 0. The maximum absolute atomic E-state index is 12.9. The second kappa shape index (κ2) is 10.0. The first-order valence-electron chi connectivity index (χ1n) is 11.7. The molecular weight excluding hydrogens is 440 g/mol. The lowest BCUT2D eigenvalue weighted by Gasteiger charge is -2.61. The summed E-state index contributed by atoms with van der Waals surface area (Å²) in [6.07, 6.45) is -0.389. The normalized spacial score (nSPS) is 26.2. The molecule has 9 heteroatoms. The van der Waals surface area contributed by atoms with Crippen LogP contribution in [0.25, 0.3) is 0 Å². The Morgan fingerprint density at radius 2 is 1.79 bits per heavy atom. The van der Waals surface area contributed by atoms with E-state index >= 15 is 0 Å². The van der Waals surface area contributed by atoms with Gasteiger partial charge in [0.1, 0.15) is 12.7 Å². The van der Waals surface area contributed by atoms with Gasteiger partial charge in [-0.2, -0.15) is 0 Å². The minimum absolute atomic E-state index is 0.0816. The van der Waals surface area contributed by atoms with Crippen LogP contribution in [0.15, 0.2) is 30.3 Å². The number of esters is 2. The molecule has 2 unspecified atom stereocenters. The Morgan fingerprint density at radius 3 is 2.35 bits per heavy atom. The summed E-state index contributed by atoms with van der Waals surface area (Å²) in [4.78, 5) is 50.6. The van der Waals surface area contributed by atoms with Gasteiger partial charge in [-0.1, -0.05) is 51.1 Å². The summed E-state index contributed by atoms with van der Waals surface area (Å²) >= 11 is 0. The maximum atomic E-state index is 12.9. The molecule has 9 nitrogen and oxygen atoms in total. The fourth-order valence-corrected chi connectivity index (χ4v) is 5.29. The third-order valence-corrected chi connectivity index (χ3v) is 7.55. The molecule has 1 aromatic carbocycles. The van der Waals surface area contributed by atoms with Gasteiger partial charge in [0.15, 0.2) is 0 Å². The highest BCUT2D eigenvalue weighted by Gasteiger charge is 2.58. The highest BCUT2D eigenvalue weighted by Crippen LogP contribution is 2.61. The van der Waals surface area contributed by atoms with Gasteiger partial charge in [-0.25, -0.2) is 9.59 Å². The van der Waals surface area contributed by atoms with E-state index in [0.29, 0.717) is 23.8 Å². The van der Waals surface area contributed by atoms with E-state index in [4.69, 9.17) is 19.9 Å². The standard InChI is InChI=1S/C25H34N2O7/c1-5-32-22(30)25(21(26)29,27-23(31)33-14-16-9-7-6-8-10-16)13-20(28)34-19-12-17-11-18(15(19)2)24(17,3)4/h6-10,15,17-19H,5,11-14H2,1-4H3,(H2,26,29)(H,27,31)/t15-,17-,18?,19-,25?/m0/s1. The molecule has 0 saturated heterocycles. The molecule has 1 aromatic rings. The van der Waals surface area contributed by atoms with Crippen LogP contribution in [-0.4, -0.2) is 42.2 Å². The number of primary amides is 1. The summed E-state index contributed by atoms with van der Waals surface area (Å²) in [5, 5.41) is 2.18. The lowest BCUT2D eigenvalue weighted by molar-refractivity contribution is -0.188. The van der Waals surface area contributed by atoms with Crippen molar-refractivity contribution in [3.05, 3.63) is 35.9 Å². The predicted molar refractivity (Wildman–Crippen MR) is 122 cm³/mol. The number of amides is 2. The van der Waals surface area contributed by atoms with E-state index in [-0.39, 0.29) is 30.7 Å². The zero-order chi connectivity index (χ0) is 25.1. The third-order valence-electron chi connectivity index (χ3n) is 7.55. The average Bonchev–Trinajstić information content (AvgIpc) is 2.78. The van der Waals surface area contributed by atoms with E-state index in [1.54, 1.807) is 24.3 Å². The van der Waals surface area contributed by atoms with Gasteiger partial charge in [-0.3, -0.25) is 14.9 Å². The van der Waals surface area contributed by atoms with Crippen molar-refractivity contribution >= 4 is 23.9 Å². The molecule has 0 spiro atoms. The van der Waals surface area contributed by atoms with Crippen LogP contribution in [0, 0.1) is 23.2 Å². The fraction of sp³-hybridized carbons (Fsp3) is 0.600. The predicted octanol–water partition coefficient (Wildman–Crippen LogP) is 2.70. The minimum Gasteiger partial charge on any atom is -0.464 e. The van der Waals surface area contributed by atoms with Crippen LogP contribution in [0.2, 0.25) is 0 Å². The number of ether oxygens (including phenoxy) is 3. The molecule has 0 radical (unpaired) electrons. The van der Waals surface area contributed by atoms with Gasteiger partial charge >= 0.3 is 18.0 Å². The maximum Gasteiger partial charge on any atom is 0.408 e. The van der Waals surface area contributed by atoms with E-state index in [9.17, 15) is 19.2 Å². The van der Waals surface area contributed by atoms with Gasteiger partial charge in [0.25, 0.3) is 5.91 Å². The zero-order valence-corrected chi connectivity index (χ0v) is 20.2. The first-order chi connectivity index (χ1) is 16.0. The SMILES string of the molecule is CCOC(=O)C(CC(=O)O[C@H]1C[C@@H]2CC([C@@H]1C)C2(C)C)(NC(=O)OCc1ccccc1)C(N)=O. The number of nitrogens with one attached hydrogen (secondary N) is 1. The summed E-state index contributed by atoms with van der Waals surface area (Å²) in [5.74, 6) is -2.17. The van der Waals surface area contributed by atoms with Crippen molar-refractivity contribution in [1.29, 1.82) is 0 Å². The monoisotopic (exact) mass is 474 g/mol. The van der Waals surface area contributed by atoms with E-state index in [1.165, 1.54) is 6.92 Å². The number of fused-ring (bicyclic) bond motifs is 2. The van der Waals surface area contributed by atoms with Gasteiger partial charge in [0.05, 0.1) is 13.0 Å². The Balaban J connectivity index is 1.70. The number of benzene rings is 1. The first-order valence-corrected chi connectivity index (χ1v) is 11.7. The van der Waals surface area contributed by atoms with Gasteiger partial charge in [-0.15, -0.1) is 0 Å². The highest BCUT2D eigenvalue weighted by molar-refractivity contribution is 6.11. The van der Waals surface area contributed by atoms with E-state index < -0.39 is 35.9 Å². The quantitative estimate of drug-likeness (QED) is 0.319. The van der Waals surface area contributed by atoms with Crippen molar-refractivity contribution in [2.75, 3.05) is 6.61 Å². The molecule has 3 aliphatic carbocycles. The summed E-state index contributed by atoms with van der Waals surface area (Å²) in [6, 6.07) is 8.85. The Kier molecular flexibility index (Phi) is 7.53. The van der Waals surface area contributed by atoms with Crippen molar-refractivity contribution in [1.82, 2.24) is 5.32 Å². The van der Waals surface area contributed by atoms with Crippen LogP contribution in [-0.2, 0) is 35.2 Å². The molecule has 0 heterocycles. The second-order valence-corrected chi connectivity index (χ2v) is 9.84. The van der Waals surface area contributed by atoms with Crippen molar-refractivity contribution in [3.8, 4) is 0 Å². The largest absolute Gasteiger partial charge is 0.464 e. The van der Waals surface area contributed by atoms with Gasteiger partial charge in [0, 0.05) is 0 Å². The molecule has 3 aliphatic rings. The molecule has 3 fully saturated rings. The number of carbonyl (C=O) groups excluding carboxylic acids is 4. The average molecular weight is 475 g/mol. The van der Waals surface area contributed by atoms with Gasteiger partial charge in [-0.05, 0) is 48.5 Å². The van der Waals surface area contributed by atoms with Crippen molar-refractivity contribution in [3.63, 3.8) is 0 Å². The van der Waals surface area contributed by atoms with Crippen LogP contribution >= 0.6 is 0 Å². The Morgan fingerprint density at radius 1 is 1.12 bits per heavy atom. The topological polar surface area (TPSA) is 134 Å². The molecular formula is C25H34N2O7. The van der Waals surface area contributed by atoms with Crippen LogP contribution < -0.4 is 11.1 Å². The lowest BCUT2D eigenvalue weighted by atomic mass is 9.45. The Hall–Kier alpha value is -3.10. The lowest BCUT2D eigenvalue weighted by Crippen LogP contribution is -2.64. The Labute approximate surface area is 199 Å². The zero-order valence-electron chi connectivity index (χ0n) is 20.2. The molecule has 3 saturated carbocycles. The fourth-order valence-electron chi connectivity index (χ4n) is 5.29. The number of hydrogen-bond donors (Lipinski definition) is 2. The number of alkyl carbamates (subject to hydrolysis) is 1. The summed E-state index contributed by atoms with van der Waals surface area (Å²) in [5.41, 5.74) is 3.97. The van der Waals surface area contributed by atoms with E-state index in [1.807, 2.05) is 13.0 Å². The first kappa shape index (κ1) is 25.5. The third kappa shape index (κ3) is 5.03. The molecule has 2 amide bonds. The number of rotatable bonds is 9.